The molecule has 0 spiro atoms. The maximum Gasteiger partial charge on any atom is 0.393 e. The van der Waals surface area contributed by atoms with E-state index in [1.165, 1.54) is 63.3 Å². The molecule has 2 saturated carbocycles. The van der Waals surface area contributed by atoms with E-state index < -0.39 is 0 Å². The molecule has 0 bridgehead atoms. The molecule has 0 aromatic carbocycles. The lowest BCUT2D eigenvalue weighted by atomic mass is 9.90. The van der Waals surface area contributed by atoms with E-state index in [0.717, 1.165) is 0 Å². The van der Waals surface area contributed by atoms with E-state index in [1.54, 1.807) is 0 Å². The van der Waals surface area contributed by atoms with Gasteiger partial charge in [-0.25, -0.2) is 0 Å². The van der Waals surface area contributed by atoms with Gasteiger partial charge in [0.05, 0.1) is 26.2 Å². The topological polar surface area (TPSA) is 25.1 Å². The van der Waals surface area contributed by atoms with Crippen LogP contribution >= 0.6 is 0 Å². The van der Waals surface area contributed by atoms with E-state index in [9.17, 15) is 0 Å². The molecule has 23 heavy (non-hydrogen) atoms. The lowest BCUT2D eigenvalue weighted by molar-refractivity contribution is -0.534. The third-order valence-corrected chi connectivity index (χ3v) is 6.84. The van der Waals surface area contributed by atoms with Gasteiger partial charge in [0.2, 0.25) is 0 Å². The highest BCUT2D eigenvalue weighted by Crippen LogP contribution is 2.33. The van der Waals surface area contributed by atoms with Crippen LogP contribution in [-0.4, -0.2) is 83.6 Å². The number of rotatable bonds is 0. The highest BCUT2D eigenvalue weighted by molar-refractivity contribution is 5.94. The van der Waals surface area contributed by atoms with Crippen LogP contribution in [0.2, 0.25) is 0 Å². The number of likely N-dealkylation sites (N-methyl/N-ethyl adjacent to an activating group) is 4. The predicted molar refractivity (Wildman–Crippen MR) is 94.0 cm³/mol. The summed E-state index contributed by atoms with van der Waals surface area (Å²) >= 11 is 0. The van der Waals surface area contributed by atoms with Crippen molar-refractivity contribution in [1.29, 1.82) is 0 Å². The molecule has 5 heteroatoms. The van der Waals surface area contributed by atoms with Gasteiger partial charge >= 0.3 is 5.96 Å². The molecule has 128 valence electrons. The highest BCUT2D eigenvalue weighted by atomic mass is 15.5. The van der Waals surface area contributed by atoms with Crippen LogP contribution in [0.3, 0.4) is 0 Å². The largest absolute Gasteiger partial charge is 0.393 e. The quantitative estimate of drug-likeness (QED) is 0.637. The van der Waals surface area contributed by atoms with Crippen molar-refractivity contribution < 1.29 is 4.58 Å². The van der Waals surface area contributed by atoms with Crippen LogP contribution in [0, 0.1) is 0 Å². The molecular formula is C18H32N5+. The minimum absolute atomic E-state index is 0.660. The van der Waals surface area contributed by atoms with Crippen LogP contribution < -0.4 is 0 Å². The zero-order valence-electron chi connectivity index (χ0n) is 15.2. The molecule has 0 radical (unpaired) electrons. The Labute approximate surface area is 140 Å². The normalized spacial score (nSPS) is 37.4. The second-order valence-electron chi connectivity index (χ2n) is 7.99. The van der Waals surface area contributed by atoms with Gasteiger partial charge in [-0.3, -0.25) is 9.48 Å². The first-order chi connectivity index (χ1) is 11.1. The predicted octanol–water partition coefficient (Wildman–Crippen LogP) is 1.79. The summed E-state index contributed by atoms with van der Waals surface area (Å²) < 4.78 is 2.44. The Hall–Kier alpha value is -1.26. The van der Waals surface area contributed by atoms with Crippen LogP contribution in [0.4, 0.5) is 0 Å². The molecule has 0 N–H and O–H groups in total. The monoisotopic (exact) mass is 318 g/mol. The molecule has 4 aliphatic rings. The van der Waals surface area contributed by atoms with Crippen molar-refractivity contribution in [2.45, 2.75) is 75.5 Å². The summed E-state index contributed by atoms with van der Waals surface area (Å²) in [6, 6.07) is 2.64. The fourth-order valence-corrected chi connectivity index (χ4v) is 5.49. The Morgan fingerprint density at radius 1 is 0.783 bits per heavy atom. The number of nitrogens with zero attached hydrogens (tertiary/aromatic N) is 5. The fraction of sp³-hybridized carbons (Fsp3) is 0.889. The summed E-state index contributed by atoms with van der Waals surface area (Å²) in [6.07, 6.45) is 10.7. The summed E-state index contributed by atoms with van der Waals surface area (Å²) in [5, 5.41) is 0. The number of guanidine groups is 2. The van der Waals surface area contributed by atoms with E-state index in [2.05, 4.69) is 47.5 Å². The summed E-state index contributed by atoms with van der Waals surface area (Å²) in [7, 11) is 8.98. The Morgan fingerprint density at radius 2 is 1.30 bits per heavy atom. The second kappa shape index (κ2) is 5.67. The van der Waals surface area contributed by atoms with E-state index in [-0.39, 0.29) is 0 Å². The van der Waals surface area contributed by atoms with Crippen LogP contribution in [0.1, 0.15) is 51.4 Å². The molecule has 0 aromatic heterocycles. The van der Waals surface area contributed by atoms with Crippen LogP contribution in [0.15, 0.2) is 4.99 Å². The number of hydrogen-bond donors (Lipinski definition) is 0. The molecule has 1 saturated heterocycles. The Morgan fingerprint density at radius 3 is 1.87 bits per heavy atom. The van der Waals surface area contributed by atoms with E-state index in [1.807, 2.05) is 0 Å². The van der Waals surface area contributed by atoms with Gasteiger partial charge < -0.3 is 9.80 Å². The number of aliphatic imine (C=N–C) groups is 1. The van der Waals surface area contributed by atoms with Crippen molar-refractivity contribution in [2.75, 3.05) is 28.2 Å². The smallest absolute Gasteiger partial charge is 0.326 e. The van der Waals surface area contributed by atoms with E-state index in [0.29, 0.717) is 24.2 Å². The summed E-state index contributed by atoms with van der Waals surface area (Å²) in [4.78, 5) is 12.5. The van der Waals surface area contributed by atoms with Crippen molar-refractivity contribution in [3.8, 4) is 0 Å². The summed E-state index contributed by atoms with van der Waals surface area (Å²) in [5.41, 5.74) is 0. The lowest BCUT2D eigenvalue weighted by Gasteiger charge is -2.29. The van der Waals surface area contributed by atoms with Gasteiger partial charge in [-0.15, -0.1) is 0 Å². The third kappa shape index (κ3) is 2.26. The van der Waals surface area contributed by atoms with Crippen molar-refractivity contribution in [3.63, 3.8) is 0 Å². The Kier molecular flexibility index (Phi) is 3.77. The second-order valence-corrected chi connectivity index (χ2v) is 7.99. The summed E-state index contributed by atoms with van der Waals surface area (Å²) in [5.74, 6) is 2.35. The van der Waals surface area contributed by atoms with Crippen molar-refractivity contribution in [1.82, 2.24) is 14.7 Å². The molecule has 0 aromatic rings. The van der Waals surface area contributed by atoms with Crippen LogP contribution in [0.5, 0.6) is 0 Å². The molecule has 4 rings (SSSR count). The van der Waals surface area contributed by atoms with Gasteiger partial charge in [-0.2, -0.15) is 0 Å². The molecule has 0 amide bonds. The molecule has 4 atom stereocenters. The first-order valence-electron chi connectivity index (χ1n) is 9.46. The van der Waals surface area contributed by atoms with Gasteiger partial charge in [0.15, 0.2) is 0 Å². The molecule has 2 heterocycles. The minimum atomic E-state index is 0.660. The molecule has 5 nitrogen and oxygen atoms in total. The minimum Gasteiger partial charge on any atom is -0.326 e. The lowest BCUT2D eigenvalue weighted by Crippen LogP contribution is -2.40. The number of fused-ring (bicyclic) bond motifs is 2. The standard InChI is InChI=1S/C18H32N5/c1-20-13-9-5-6-10-14(13)21(2)17(20)19-18-22(3)15-11-7-8-12-16(15)23(18)4/h13-16H,5-12H2,1-4H3/q+1/t13-,14-,15-,16-/m0/s1. The zero-order valence-corrected chi connectivity index (χ0v) is 15.2. The van der Waals surface area contributed by atoms with E-state index in [4.69, 9.17) is 4.99 Å². The van der Waals surface area contributed by atoms with Gasteiger partial charge in [0, 0.05) is 14.1 Å². The first-order valence-corrected chi connectivity index (χ1v) is 9.46. The third-order valence-electron chi connectivity index (χ3n) is 6.84. The highest BCUT2D eigenvalue weighted by Gasteiger charge is 2.47. The van der Waals surface area contributed by atoms with Crippen molar-refractivity contribution in [3.05, 3.63) is 0 Å². The summed E-state index contributed by atoms with van der Waals surface area (Å²) in [6.45, 7) is 0. The van der Waals surface area contributed by atoms with Crippen LogP contribution in [0.25, 0.3) is 0 Å². The Balaban J connectivity index is 1.65. The maximum atomic E-state index is 5.18. The van der Waals surface area contributed by atoms with Gasteiger partial charge in [-0.1, -0.05) is 12.8 Å². The van der Waals surface area contributed by atoms with Crippen molar-refractivity contribution >= 4 is 11.9 Å². The van der Waals surface area contributed by atoms with Crippen molar-refractivity contribution in [2.24, 2.45) is 4.99 Å². The molecule has 2 aliphatic heterocycles. The fourth-order valence-electron chi connectivity index (χ4n) is 5.49. The number of hydrogen-bond acceptors (Lipinski definition) is 2. The maximum absolute atomic E-state index is 5.18. The zero-order chi connectivity index (χ0) is 16.1. The molecule has 3 fully saturated rings. The molecular weight excluding hydrogens is 286 g/mol. The molecule has 0 unspecified atom stereocenters. The van der Waals surface area contributed by atoms with Gasteiger partial charge in [-0.05, 0) is 43.5 Å². The van der Waals surface area contributed by atoms with Gasteiger partial charge in [0.1, 0.15) is 12.1 Å². The average molecular weight is 318 g/mol. The molecule has 2 aliphatic carbocycles. The first kappa shape index (κ1) is 15.3. The SMILES string of the molecule is CN1C(=NC2=[N+](C)[C@H]3CCCC[C@@H]3N2C)N(C)[C@H]2CCCC[C@@H]21. The van der Waals surface area contributed by atoms with Gasteiger partial charge in [0.25, 0.3) is 5.96 Å². The average Bonchev–Trinajstić information content (AvgIpc) is 2.97. The Bertz CT molecular complexity index is 520. The van der Waals surface area contributed by atoms with E-state index >= 15 is 0 Å². The van der Waals surface area contributed by atoms with Crippen LogP contribution in [-0.2, 0) is 0 Å².